The lowest BCUT2D eigenvalue weighted by atomic mass is 9.92. The van der Waals surface area contributed by atoms with Gasteiger partial charge < -0.3 is 10.2 Å². The van der Waals surface area contributed by atoms with Gasteiger partial charge in [-0.05, 0) is 32.3 Å². The minimum atomic E-state index is -0.301. The first-order valence-corrected chi connectivity index (χ1v) is 6.60. The number of hydrogen-bond donors (Lipinski definition) is 1. The summed E-state index contributed by atoms with van der Waals surface area (Å²) in [6.07, 6.45) is 1.75. The van der Waals surface area contributed by atoms with Crippen LogP contribution in [-0.2, 0) is 16.0 Å². The lowest BCUT2D eigenvalue weighted by Gasteiger charge is -2.40. The SMILES string of the molecule is CC(C)(CCc1ccccc1)N1CC(=O)NCC1=O. The van der Waals surface area contributed by atoms with Crippen molar-refractivity contribution in [2.45, 2.75) is 32.2 Å². The van der Waals surface area contributed by atoms with Gasteiger partial charge in [-0.2, -0.15) is 0 Å². The molecule has 1 aliphatic rings. The molecule has 0 saturated carbocycles. The van der Waals surface area contributed by atoms with E-state index in [1.54, 1.807) is 4.90 Å². The second-order valence-electron chi connectivity index (χ2n) is 5.55. The molecule has 0 radical (unpaired) electrons. The Morgan fingerprint density at radius 1 is 1.21 bits per heavy atom. The van der Waals surface area contributed by atoms with Gasteiger partial charge in [0, 0.05) is 5.54 Å². The van der Waals surface area contributed by atoms with Gasteiger partial charge in [0.25, 0.3) is 0 Å². The number of rotatable bonds is 4. The number of hydrogen-bond acceptors (Lipinski definition) is 2. The fraction of sp³-hybridized carbons (Fsp3) is 0.467. The van der Waals surface area contributed by atoms with Gasteiger partial charge in [-0.15, -0.1) is 0 Å². The average Bonchev–Trinajstić information content (AvgIpc) is 2.40. The zero-order valence-corrected chi connectivity index (χ0v) is 11.5. The van der Waals surface area contributed by atoms with Crippen molar-refractivity contribution in [1.29, 1.82) is 0 Å². The first kappa shape index (κ1) is 13.6. The standard InChI is InChI=1S/C15H20N2O2/c1-15(2,9-8-12-6-4-3-5-7-12)17-11-13(18)16-10-14(17)19/h3-7H,8-11H2,1-2H3,(H,16,18). The molecule has 0 bridgehead atoms. The molecule has 4 heteroatoms. The first-order chi connectivity index (χ1) is 8.99. The molecule has 0 unspecified atom stereocenters. The maximum Gasteiger partial charge on any atom is 0.242 e. The third kappa shape index (κ3) is 3.34. The number of amides is 2. The molecule has 1 heterocycles. The molecule has 1 aromatic rings. The van der Waals surface area contributed by atoms with Gasteiger partial charge in [0.2, 0.25) is 11.8 Å². The van der Waals surface area contributed by atoms with E-state index in [0.29, 0.717) is 0 Å². The van der Waals surface area contributed by atoms with Crippen molar-refractivity contribution >= 4 is 11.8 Å². The Hall–Kier alpha value is -1.84. The summed E-state index contributed by atoms with van der Waals surface area (Å²) in [5, 5.41) is 2.58. The van der Waals surface area contributed by atoms with Crippen LogP contribution >= 0.6 is 0 Å². The fourth-order valence-electron chi connectivity index (χ4n) is 2.34. The number of nitrogens with one attached hydrogen (secondary N) is 1. The summed E-state index contributed by atoms with van der Waals surface area (Å²) >= 11 is 0. The lowest BCUT2D eigenvalue weighted by molar-refractivity contribution is -0.146. The largest absolute Gasteiger partial charge is 0.345 e. The van der Waals surface area contributed by atoms with Gasteiger partial charge in [0.15, 0.2) is 0 Å². The summed E-state index contributed by atoms with van der Waals surface area (Å²) in [5.74, 6) is -0.0787. The van der Waals surface area contributed by atoms with E-state index in [4.69, 9.17) is 0 Å². The summed E-state index contributed by atoms with van der Waals surface area (Å²) < 4.78 is 0. The van der Waals surface area contributed by atoms with Gasteiger partial charge in [0.1, 0.15) is 6.54 Å². The molecule has 19 heavy (non-hydrogen) atoms. The van der Waals surface area contributed by atoms with Crippen LogP contribution < -0.4 is 5.32 Å². The van der Waals surface area contributed by atoms with Crippen LogP contribution in [0.2, 0.25) is 0 Å². The van der Waals surface area contributed by atoms with Crippen molar-refractivity contribution < 1.29 is 9.59 Å². The second-order valence-corrected chi connectivity index (χ2v) is 5.55. The Bertz CT molecular complexity index is 468. The van der Waals surface area contributed by atoms with Crippen LogP contribution in [0, 0.1) is 0 Å². The maximum atomic E-state index is 11.9. The molecule has 1 N–H and O–H groups in total. The molecule has 1 fully saturated rings. The zero-order chi connectivity index (χ0) is 13.9. The summed E-state index contributed by atoms with van der Waals surface area (Å²) in [5.41, 5.74) is 0.953. The molecule has 4 nitrogen and oxygen atoms in total. The molecule has 2 rings (SSSR count). The topological polar surface area (TPSA) is 49.4 Å². The molecular weight excluding hydrogens is 240 g/mol. The van der Waals surface area contributed by atoms with Crippen LogP contribution in [0.3, 0.4) is 0 Å². The number of carbonyl (C=O) groups is 2. The van der Waals surface area contributed by atoms with Gasteiger partial charge >= 0.3 is 0 Å². The molecular formula is C15H20N2O2. The monoisotopic (exact) mass is 260 g/mol. The van der Waals surface area contributed by atoms with Crippen molar-refractivity contribution in [1.82, 2.24) is 10.2 Å². The van der Waals surface area contributed by atoms with Crippen LogP contribution in [0.5, 0.6) is 0 Å². The minimum Gasteiger partial charge on any atom is -0.345 e. The van der Waals surface area contributed by atoms with E-state index in [1.165, 1.54) is 5.56 Å². The second kappa shape index (κ2) is 5.43. The normalized spacial score (nSPS) is 16.4. The van der Waals surface area contributed by atoms with Gasteiger partial charge in [-0.1, -0.05) is 30.3 Å². The molecule has 0 atom stereocenters. The number of carbonyl (C=O) groups excluding carboxylic acids is 2. The summed E-state index contributed by atoms with van der Waals surface area (Å²) in [7, 11) is 0. The van der Waals surface area contributed by atoms with E-state index in [2.05, 4.69) is 17.4 Å². The summed E-state index contributed by atoms with van der Waals surface area (Å²) in [4.78, 5) is 25.0. The molecule has 1 aromatic carbocycles. The Kier molecular flexibility index (Phi) is 3.88. The highest BCUT2D eigenvalue weighted by molar-refractivity contribution is 5.92. The number of benzene rings is 1. The number of aryl methyl sites for hydroxylation is 1. The van der Waals surface area contributed by atoms with Crippen molar-refractivity contribution in [3.05, 3.63) is 35.9 Å². The fourth-order valence-corrected chi connectivity index (χ4v) is 2.34. The minimum absolute atomic E-state index is 0.00217. The third-order valence-electron chi connectivity index (χ3n) is 3.64. The van der Waals surface area contributed by atoms with Crippen molar-refractivity contribution in [3.63, 3.8) is 0 Å². The van der Waals surface area contributed by atoms with E-state index < -0.39 is 0 Å². The van der Waals surface area contributed by atoms with Gasteiger partial charge in [-0.3, -0.25) is 9.59 Å². The third-order valence-corrected chi connectivity index (χ3v) is 3.64. The molecule has 0 aromatic heterocycles. The Morgan fingerprint density at radius 3 is 2.58 bits per heavy atom. The van der Waals surface area contributed by atoms with Gasteiger partial charge in [-0.25, -0.2) is 0 Å². The van der Waals surface area contributed by atoms with E-state index >= 15 is 0 Å². The van der Waals surface area contributed by atoms with Crippen molar-refractivity contribution in [2.75, 3.05) is 13.1 Å². The molecule has 1 aliphatic heterocycles. The van der Waals surface area contributed by atoms with Crippen LogP contribution in [0.25, 0.3) is 0 Å². The number of piperazine rings is 1. The maximum absolute atomic E-state index is 11.9. The van der Waals surface area contributed by atoms with Gasteiger partial charge in [0.05, 0.1) is 6.54 Å². The van der Waals surface area contributed by atoms with E-state index in [-0.39, 0.29) is 30.4 Å². The Balaban J connectivity index is 2.01. The van der Waals surface area contributed by atoms with Crippen LogP contribution in [0.1, 0.15) is 25.8 Å². The Labute approximate surface area is 113 Å². The molecule has 0 aliphatic carbocycles. The Morgan fingerprint density at radius 2 is 1.89 bits per heavy atom. The summed E-state index contributed by atoms with van der Waals surface area (Å²) in [6.45, 7) is 4.33. The highest BCUT2D eigenvalue weighted by Gasteiger charge is 2.34. The predicted octanol–water partition coefficient (Wildman–Crippen LogP) is 1.36. The number of nitrogens with zero attached hydrogens (tertiary/aromatic N) is 1. The first-order valence-electron chi connectivity index (χ1n) is 6.60. The van der Waals surface area contributed by atoms with Crippen molar-refractivity contribution in [2.24, 2.45) is 0 Å². The van der Waals surface area contributed by atoms with Crippen LogP contribution in [0.4, 0.5) is 0 Å². The molecule has 102 valence electrons. The highest BCUT2D eigenvalue weighted by Crippen LogP contribution is 2.22. The highest BCUT2D eigenvalue weighted by atomic mass is 16.2. The van der Waals surface area contributed by atoms with Crippen molar-refractivity contribution in [3.8, 4) is 0 Å². The summed E-state index contributed by atoms with van der Waals surface area (Å²) in [6, 6.07) is 10.2. The predicted molar refractivity (Wildman–Crippen MR) is 73.6 cm³/mol. The quantitative estimate of drug-likeness (QED) is 0.888. The van der Waals surface area contributed by atoms with E-state index in [9.17, 15) is 9.59 Å². The smallest absolute Gasteiger partial charge is 0.242 e. The van der Waals surface area contributed by atoms with Crippen LogP contribution in [0.15, 0.2) is 30.3 Å². The average molecular weight is 260 g/mol. The lowest BCUT2D eigenvalue weighted by Crippen LogP contribution is -2.59. The van der Waals surface area contributed by atoms with E-state index in [1.807, 2.05) is 32.0 Å². The van der Waals surface area contributed by atoms with Crippen LogP contribution in [-0.4, -0.2) is 35.3 Å². The molecule has 1 saturated heterocycles. The van der Waals surface area contributed by atoms with E-state index in [0.717, 1.165) is 12.8 Å². The molecule has 0 spiro atoms. The molecule has 2 amide bonds. The zero-order valence-electron chi connectivity index (χ0n) is 11.5.